The van der Waals surface area contributed by atoms with Crippen LogP contribution in [0.15, 0.2) is 54.6 Å². The normalized spacial score (nSPS) is 11.4. The summed E-state index contributed by atoms with van der Waals surface area (Å²) >= 11 is 0. The van der Waals surface area contributed by atoms with Gasteiger partial charge in [-0.2, -0.15) is 0 Å². The Morgan fingerprint density at radius 3 is 1.71 bits per heavy atom. The van der Waals surface area contributed by atoms with Crippen LogP contribution in [0.3, 0.4) is 0 Å². The molecule has 0 unspecified atom stereocenters. The number of imidazole rings is 1. The average Bonchev–Trinajstić information content (AvgIpc) is 3.18. The lowest BCUT2D eigenvalue weighted by molar-refractivity contribution is 0.526. The van der Waals surface area contributed by atoms with Crippen LogP contribution in [0.2, 0.25) is 0 Å². The maximum absolute atomic E-state index is 4.93. The second-order valence-electron chi connectivity index (χ2n) is 9.04. The van der Waals surface area contributed by atoms with Gasteiger partial charge in [0.2, 0.25) is 0 Å². The van der Waals surface area contributed by atoms with Crippen LogP contribution in [0.4, 0.5) is 0 Å². The molecule has 0 radical (unpaired) electrons. The zero-order chi connectivity index (χ0) is 21.6. The number of nitrogens with zero attached hydrogens (tertiary/aromatic N) is 2. The van der Waals surface area contributed by atoms with Crippen LogP contribution in [0.5, 0.6) is 0 Å². The quantitative estimate of drug-likeness (QED) is 0.212. The van der Waals surface area contributed by atoms with Crippen molar-refractivity contribution < 1.29 is 0 Å². The van der Waals surface area contributed by atoms with Crippen molar-refractivity contribution >= 4 is 11.0 Å². The SMILES string of the molecule is CCCCCCCCCCCCCCCCn1c(-c2ccccc2)nc2ccccc21. The maximum Gasteiger partial charge on any atom is 0.141 e. The van der Waals surface area contributed by atoms with Crippen molar-refractivity contribution in [2.45, 2.75) is 103 Å². The molecule has 0 spiro atoms. The Kier molecular flexibility index (Phi) is 10.7. The molecule has 0 atom stereocenters. The third-order valence-corrected chi connectivity index (χ3v) is 6.42. The van der Waals surface area contributed by atoms with Crippen LogP contribution in [-0.2, 0) is 6.54 Å². The molecule has 0 amide bonds. The first kappa shape index (κ1) is 23.6. The second-order valence-corrected chi connectivity index (χ2v) is 9.04. The van der Waals surface area contributed by atoms with Crippen LogP contribution in [0.1, 0.15) is 96.8 Å². The molecule has 168 valence electrons. The van der Waals surface area contributed by atoms with E-state index in [-0.39, 0.29) is 0 Å². The Morgan fingerprint density at radius 2 is 1.10 bits per heavy atom. The predicted octanol–water partition coefficient (Wildman–Crippen LogP) is 9.18. The van der Waals surface area contributed by atoms with Gasteiger partial charge in [0.25, 0.3) is 0 Å². The summed E-state index contributed by atoms with van der Waals surface area (Å²) in [6.07, 6.45) is 19.6. The number of aryl methyl sites for hydroxylation is 1. The van der Waals surface area contributed by atoms with E-state index in [0.29, 0.717) is 0 Å². The molecule has 0 aliphatic heterocycles. The summed E-state index contributed by atoms with van der Waals surface area (Å²) in [7, 11) is 0. The fraction of sp³-hybridized carbons (Fsp3) is 0.552. The van der Waals surface area contributed by atoms with E-state index in [1.807, 2.05) is 0 Å². The van der Waals surface area contributed by atoms with Crippen LogP contribution < -0.4 is 0 Å². The van der Waals surface area contributed by atoms with Gasteiger partial charge >= 0.3 is 0 Å². The first-order valence-electron chi connectivity index (χ1n) is 12.9. The Balaban J connectivity index is 1.32. The van der Waals surface area contributed by atoms with Gasteiger partial charge in [-0.1, -0.05) is 133 Å². The molecule has 0 aliphatic carbocycles. The van der Waals surface area contributed by atoms with E-state index in [1.165, 1.54) is 101 Å². The zero-order valence-electron chi connectivity index (χ0n) is 19.7. The monoisotopic (exact) mass is 418 g/mol. The smallest absolute Gasteiger partial charge is 0.141 e. The number of aromatic nitrogens is 2. The molecule has 0 bridgehead atoms. The predicted molar refractivity (Wildman–Crippen MR) is 135 cm³/mol. The molecular weight excluding hydrogens is 376 g/mol. The summed E-state index contributed by atoms with van der Waals surface area (Å²) in [5.74, 6) is 1.11. The lowest BCUT2D eigenvalue weighted by Crippen LogP contribution is -2.01. The number of hydrogen-bond acceptors (Lipinski definition) is 1. The fourth-order valence-corrected chi connectivity index (χ4v) is 4.57. The number of benzene rings is 2. The maximum atomic E-state index is 4.93. The van der Waals surface area contributed by atoms with E-state index in [0.717, 1.165) is 17.9 Å². The van der Waals surface area contributed by atoms with Crippen molar-refractivity contribution in [3.05, 3.63) is 54.6 Å². The van der Waals surface area contributed by atoms with Gasteiger partial charge in [-0.3, -0.25) is 0 Å². The summed E-state index contributed by atoms with van der Waals surface area (Å²) in [4.78, 5) is 4.93. The van der Waals surface area contributed by atoms with Crippen molar-refractivity contribution in [1.29, 1.82) is 0 Å². The molecule has 2 heteroatoms. The lowest BCUT2D eigenvalue weighted by atomic mass is 10.0. The minimum atomic E-state index is 1.06. The van der Waals surface area contributed by atoms with E-state index < -0.39 is 0 Å². The Bertz CT molecular complexity index is 850. The average molecular weight is 419 g/mol. The van der Waals surface area contributed by atoms with Crippen molar-refractivity contribution in [1.82, 2.24) is 9.55 Å². The van der Waals surface area contributed by atoms with Gasteiger partial charge in [0, 0.05) is 12.1 Å². The molecule has 0 fully saturated rings. The highest BCUT2D eigenvalue weighted by Gasteiger charge is 2.11. The molecule has 1 aromatic heterocycles. The highest BCUT2D eigenvalue weighted by Crippen LogP contribution is 2.25. The molecule has 0 saturated heterocycles. The molecule has 3 aromatic rings. The van der Waals surface area contributed by atoms with E-state index in [4.69, 9.17) is 4.98 Å². The molecule has 0 N–H and O–H groups in total. The third-order valence-electron chi connectivity index (χ3n) is 6.42. The van der Waals surface area contributed by atoms with Gasteiger partial charge in [-0.15, -0.1) is 0 Å². The Hall–Kier alpha value is -2.09. The van der Waals surface area contributed by atoms with Gasteiger partial charge in [-0.25, -0.2) is 4.98 Å². The number of fused-ring (bicyclic) bond motifs is 1. The van der Waals surface area contributed by atoms with Crippen LogP contribution in [-0.4, -0.2) is 9.55 Å². The van der Waals surface area contributed by atoms with Crippen LogP contribution >= 0.6 is 0 Å². The molecule has 0 saturated carbocycles. The minimum absolute atomic E-state index is 1.06. The van der Waals surface area contributed by atoms with E-state index in [9.17, 15) is 0 Å². The number of hydrogen-bond donors (Lipinski definition) is 0. The van der Waals surface area contributed by atoms with Gasteiger partial charge < -0.3 is 4.57 Å². The van der Waals surface area contributed by atoms with Crippen molar-refractivity contribution in [3.63, 3.8) is 0 Å². The molecule has 2 nitrogen and oxygen atoms in total. The zero-order valence-corrected chi connectivity index (χ0v) is 19.7. The highest BCUT2D eigenvalue weighted by atomic mass is 15.1. The summed E-state index contributed by atoms with van der Waals surface area (Å²) in [6, 6.07) is 19.2. The van der Waals surface area contributed by atoms with Crippen LogP contribution in [0.25, 0.3) is 22.4 Å². The summed E-state index contributed by atoms with van der Waals surface area (Å²) in [5.41, 5.74) is 3.58. The topological polar surface area (TPSA) is 17.8 Å². The van der Waals surface area contributed by atoms with Crippen molar-refractivity contribution in [2.24, 2.45) is 0 Å². The molecule has 1 heterocycles. The van der Waals surface area contributed by atoms with Crippen molar-refractivity contribution in [2.75, 3.05) is 0 Å². The second kappa shape index (κ2) is 14.1. The molecule has 0 aliphatic rings. The standard InChI is InChI=1S/C29H42N2/c1-2-3-4-5-6-7-8-9-10-11-12-13-14-20-25-31-28-24-19-18-23-27(28)30-29(31)26-21-16-15-17-22-26/h15-19,21-24H,2-14,20,25H2,1H3. The third kappa shape index (κ3) is 7.83. The van der Waals surface area contributed by atoms with Gasteiger partial charge in [0.05, 0.1) is 11.0 Å². The largest absolute Gasteiger partial charge is 0.324 e. The summed E-state index contributed by atoms with van der Waals surface area (Å²) in [5, 5.41) is 0. The summed E-state index contributed by atoms with van der Waals surface area (Å²) in [6.45, 7) is 3.35. The first-order chi connectivity index (χ1) is 15.4. The number of unbranched alkanes of at least 4 members (excludes halogenated alkanes) is 13. The highest BCUT2D eigenvalue weighted by molar-refractivity contribution is 5.80. The van der Waals surface area contributed by atoms with Crippen LogP contribution in [0, 0.1) is 0 Å². The summed E-state index contributed by atoms with van der Waals surface area (Å²) < 4.78 is 2.42. The minimum Gasteiger partial charge on any atom is -0.324 e. The Labute approximate surface area is 190 Å². The number of rotatable bonds is 16. The van der Waals surface area contributed by atoms with E-state index in [2.05, 4.69) is 66.1 Å². The number of para-hydroxylation sites is 2. The van der Waals surface area contributed by atoms with Gasteiger partial charge in [0.15, 0.2) is 0 Å². The van der Waals surface area contributed by atoms with E-state index in [1.54, 1.807) is 0 Å². The van der Waals surface area contributed by atoms with Gasteiger partial charge in [-0.05, 0) is 18.6 Å². The first-order valence-corrected chi connectivity index (χ1v) is 12.9. The molecule has 3 rings (SSSR count). The van der Waals surface area contributed by atoms with Gasteiger partial charge in [0.1, 0.15) is 5.82 Å². The van der Waals surface area contributed by atoms with Crippen molar-refractivity contribution in [3.8, 4) is 11.4 Å². The molecule has 2 aromatic carbocycles. The van der Waals surface area contributed by atoms with E-state index >= 15 is 0 Å². The molecule has 31 heavy (non-hydrogen) atoms. The Morgan fingerprint density at radius 1 is 0.581 bits per heavy atom. The molecular formula is C29H42N2. The fourth-order valence-electron chi connectivity index (χ4n) is 4.57. The lowest BCUT2D eigenvalue weighted by Gasteiger charge is -2.09.